The van der Waals surface area contributed by atoms with Crippen molar-refractivity contribution < 1.29 is 14.2 Å². The van der Waals surface area contributed by atoms with Crippen LogP contribution in [0.25, 0.3) is 0 Å². The Morgan fingerprint density at radius 1 is 1.21 bits per heavy atom. The van der Waals surface area contributed by atoms with Gasteiger partial charge in [0.2, 0.25) is 0 Å². The summed E-state index contributed by atoms with van der Waals surface area (Å²) in [5, 5.41) is 10.1. The molecule has 0 aliphatic carbocycles. The Labute approximate surface area is 116 Å². The molecule has 19 heavy (non-hydrogen) atoms. The number of hydrogen-bond donors (Lipinski definition) is 1. The van der Waals surface area contributed by atoms with Crippen molar-refractivity contribution in [2.75, 3.05) is 7.11 Å². The first-order chi connectivity index (χ1) is 9.10. The van der Waals surface area contributed by atoms with Crippen molar-refractivity contribution in [2.45, 2.75) is 12.5 Å². The molecule has 4 heteroatoms. The summed E-state index contributed by atoms with van der Waals surface area (Å²) in [6.07, 6.45) is -0.356. The summed E-state index contributed by atoms with van der Waals surface area (Å²) in [5.74, 6) is 0.240. The third-order valence-electron chi connectivity index (χ3n) is 2.92. The number of ether oxygens (including phenoxy) is 1. The van der Waals surface area contributed by atoms with Crippen LogP contribution in [-0.2, 0) is 6.42 Å². The Bertz CT molecular complexity index is 555. The molecule has 0 spiro atoms. The van der Waals surface area contributed by atoms with E-state index in [1.54, 1.807) is 13.2 Å². The second-order valence-electron chi connectivity index (χ2n) is 4.24. The van der Waals surface area contributed by atoms with Crippen LogP contribution in [0.15, 0.2) is 42.5 Å². The molecule has 0 aliphatic rings. The predicted octanol–water partition coefficient (Wildman–Crippen LogP) is 3.76. The Morgan fingerprint density at radius 2 is 1.89 bits per heavy atom. The fourth-order valence-corrected chi connectivity index (χ4v) is 1.94. The molecule has 0 radical (unpaired) electrons. The van der Waals surface area contributed by atoms with E-state index in [2.05, 4.69) is 0 Å². The lowest BCUT2D eigenvalue weighted by atomic mass is 10.0. The highest BCUT2D eigenvalue weighted by atomic mass is 35.5. The molecule has 1 N–H and O–H groups in total. The maximum atomic E-state index is 13.3. The van der Waals surface area contributed by atoms with Gasteiger partial charge in [0, 0.05) is 6.42 Å². The minimum absolute atomic E-state index is 0.0559. The monoisotopic (exact) mass is 280 g/mol. The number of halogens is 2. The lowest BCUT2D eigenvalue weighted by Gasteiger charge is -2.12. The SMILES string of the molecule is COc1ccc(CC(O)c2ccc(Cl)c(F)c2)cc1. The molecule has 1 atom stereocenters. The first-order valence-corrected chi connectivity index (χ1v) is 6.24. The largest absolute Gasteiger partial charge is 0.497 e. The zero-order chi connectivity index (χ0) is 13.8. The highest BCUT2D eigenvalue weighted by Gasteiger charge is 2.11. The first kappa shape index (κ1) is 13.8. The zero-order valence-electron chi connectivity index (χ0n) is 10.4. The van der Waals surface area contributed by atoms with Crippen LogP contribution >= 0.6 is 11.6 Å². The molecule has 2 aromatic carbocycles. The van der Waals surface area contributed by atoms with E-state index in [4.69, 9.17) is 16.3 Å². The molecule has 1 unspecified atom stereocenters. The standard InChI is InChI=1S/C15H14ClFO2/c1-19-12-5-2-10(3-6-12)8-15(18)11-4-7-13(16)14(17)9-11/h2-7,9,15,18H,8H2,1H3. The van der Waals surface area contributed by atoms with Crippen molar-refractivity contribution in [1.82, 2.24) is 0 Å². The third kappa shape index (κ3) is 3.46. The highest BCUT2D eigenvalue weighted by Crippen LogP contribution is 2.23. The summed E-state index contributed by atoms with van der Waals surface area (Å²) in [5.41, 5.74) is 1.46. The molecule has 0 aliphatic heterocycles. The van der Waals surface area contributed by atoms with Crippen LogP contribution in [0.3, 0.4) is 0 Å². The van der Waals surface area contributed by atoms with Gasteiger partial charge in [0.15, 0.2) is 0 Å². The van der Waals surface area contributed by atoms with Crippen LogP contribution in [0.4, 0.5) is 4.39 Å². The van der Waals surface area contributed by atoms with E-state index in [-0.39, 0.29) is 5.02 Å². The van der Waals surface area contributed by atoms with E-state index in [0.29, 0.717) is 12.0 Å². The number of methoxy groups -OCH3 is 1. The van der Waals surface area contributed by atoms with Gasteiger partial charge in [-0.25, -0.2) is 4.39 Å². The topological polar surface area (TPSA) is 29.5 Å². The maximum Gasteiger partial charge on any atom is 0.142 e. The van der Waals surface area contributed by atoms with E-state index in [9.17, 15) is 9.50 Å². The summed E-state index contributed by atoms with van der Waals surface area (Å²) in [4.78, 5) is 0. The van der Waals surface area contributed by atoms with E-state index in [1.165, 1.54) is 12.1 Å². The molecular formula is C15H14ClFO2. The van der Waals surface area contributed by atoms with Gasteiger partial charge in [-0.05, 0) is 35.4 Å². The fourth-order valence-electron chi connectivity index (χ4n) is 1.82. The van der Waals surface area contributed by atoms with Crippen molar-refractivity contribution >= 4 is 11.6 Å². The number of rotatable bonds is 4. The van der Waals surface area contributed by atoms with Gasteiger partial charge in [-0.3, -0.25) is 0 Å². The van der Waals surface area contributed by atoms with Gasteiger partial charge in [-0.1, -0.05) is 29.8 Å². The smallest absolute Gasteiger partial charge is 0.142 e. The van der Waals surface area contributed by atoms with Gasteiger partial charge in [-0.2, -0.15) is 0 Å². The fraction of sp³-hybridized carbons (Fsp3) is 0.200. The lowest BCUT2D eigenvalue weighted by Crippen LogP contribution is -2.02. The molecule has 0 aromatic heterocycles. The van der Waals surface area contributed by atoms with Gasteiger partial charge in [-0.15, -0.1) is 0 Å². The number of hydrogen-bond acceptors (Lipinski definition) is 2. The molecule has 0 bridgehead atoms. The lowest BCUT2D eigenvalue weighted by molar-refractivity contribution is 0.178. The Hall–Kier alpha value is -1.58. The zero-order valence-corrected chi connectivity index (χ0v) is 11.2. The Balaban J connectivity index is 2.10. The molecule has 100 valence electrons. The van der Waals surface area contributed by atoms with Gasteiger partial charge in [0.25, 0.3) is 0 Å². The minimum Gasteiger partial charge on any atom is -0.497 e. The van der Waals surface area contributed by atoms with Crippen LogP contribution < -0.4 is 4.74 Å². The Morgan fingerprint density at radius 3 is 2.47 bits per heavy atom. The minimum atomic E-state index is -0.764. The molecule has 0 fully saturated rings. The van der Waals surface area contributed by atoms with Crippen molar-refractivity contribution in [2.24, 2.45) is 0 Å². The second kappa shape index (κ2) is 6.04. The number of aliphatic hydroxyl groups excluding tert-OH is 1. The van der Waals surface area contributed by atoms with Crippen LogP contribution in [0.1, 0.15) is 17.2 Å². The number of benzene rings is 2. The molecular weight excluding hydrogens is 267 g/mol. The second-order valence-corrected chi connectivity index (χ2v) is 4.65. The number of aliphatic hydroxyl groups is 1. The van der Waals surface area contributed by atoms with E-state index < -0.39 is 11.9 Å². The van der Waals surface area contributed by atoms with Crippen LogP contribution in [0, 0.1) is 5.82 Å². The molecule has 0 heterocycles. The average molecular weight is 281 g/mol. The normalized spacial score (nSPS) is 12.2. The molecule has 0 saturated heterocycles. The van der Waals surface area contributed by atoms with E-state index in [1.807, 2.05) is 24.3 Å². The van der Waals surface area contributed by atoms with Gasteiger partial charge >= 0.3 is 0 Å². The third-order valence-corrected chi connectivity index (χ3v) is 3.22. The van der Waals surface area contributed by atoms with Crippen molar-refractivity contribution in [1.29, 1.82) is 0 Å². The van der Waals surface area contributed by atoms with Gasteiger partial charge < -0.3 is 9.84 Å². The summed E-state index contributed by atoms with van der Waals surface area (Å²) in [6, 6.07) is 11.7. The van der Waals surface area contributed by atoms with Crippen molar-refractivity contribution in [3.05, 3.63) is 64.4 Å². The maximum absolute atomic E-state index is 13.3. The molecule has 2 aromatic rings. The quantitative estimate of drug-likeness (QED) is 0.924. The molecule has 0 saturated carbocycles. The Kier molecular flexibility index (Phi) is 4.40. The summed E-state index contributed by atoms with van der Waals surface area (Å²) in [6.45, 7) is 0. The van der Waals surface area contributed by atoms with Crippen LogP contribution in [0.2, 0.25) is 5.02 Å². The summed E-state index contributed by atoms with van der Waals surface area (Å²) < 4.78 is 18.4. The van der Waals surface area contributed by atoms with E-state index in [0.717, 1.165) is 11.3 Å². The average Bonchev–Trinajstić information content (AvgIpc) is 2.42. The van der Waals surface area contributed by atoms with E-state index >= 15 is 0 Å². The van der Waals surface area contributed by atoms with Crippen molar-refractivity contribution in [3.63, 3.8) is 0 Å². The molecule has 2 nitrogen and oxygen atoms in total. The summed E-state index contributed by atoms with van der Waals surface area (Å²) >= 11 is 5.61. The summed E-state index contributed by atoms with van der Waals surface area (Å²) in [7, 11) is 1.60. The highest BCUT2D eigenvalue weighted by molar-refractivity contribution is 6.30. The van der Waals surface area contributed by atoms with Gasteiger partial charge in [0.1, 0.15) is 11.6 Å². The molecule has 2 rings (SSSR count). The van der Waals surface area contributed by atoms with Crippen LogP contribution in [0.5, 0.6) is 5.75 Å². The van der Waals surface area contributed by atoms with Crippen LogP contribution in [-0.4, -0.2) is 12.2 Å². The van der Waals surface area contributed by atoms with Crippen molar-refractivity contribution in [3.8, 4) is 5.75 Å². The first-order valence-electron chi connectivity index (χ1n) is 5.86. The predicted molar refractivity (Wildman–Crippen MR) is 73.1 cm³/mol. The van der Waals surface area contributed by atoms with Gasteiger partial charge in [0.05, 0.1) is 18.2 Å². The molecule has 0 amide bonds.